The Balaban J connectivity index is 1.57. The van der Waals surface area contributed by atoms with Crippen LogP contribution in [0.3, 0.4) is 0 Å². The van der Waals surface area contributed by atoms with Crippen molar-refractivity contribution < 1.29 is 14.1 Å². The van der Waals surface area contributed by atoms with Crippen LogP contribution in [0.1, 0.15) is 40.6 Å². The van der Waals surface area contributed by atoms with Crippen LogP contribution in [0.2, 0.25) is 0 Å². The first-order chi connectivity index (χ1) is 13.2. The number of carbonyl (C=O) groups is 1. The largest absolute Gasteiger partial charge is 0.497 e. The van der Waals surface area contributed by atoms with E-state index in [9.17, 15) is 4.79 Å². The highest BCUT2D eigenvalue weighted by atomic mass is 16.5. The lowest BCUT2D eigenvalue weighted by atomic mass is 9.99. The van der Waals surface area contributed by atoms with Crippen LogP contribution in [0.4, 0.5) is 0 Å². The van der Waals surface area contributed by atoms with E-state index in [1.54, 1.807) is 13.2 Å². The Morgan fingerprint density at radius 3 is 2.70 bits per heavy atom. The summed E-state index contributed by atoms with van der Waals surface area (Å²) in [6, 6.07) is 17.6. The molecule has 1 amide bonds. The summed E-state index contributed by atoms with van der Waals surface area (Å²) in [5, 5.41) is 4.09. The Morgan fingerprint density at radius 1 is 1.19 bits per heavy atom. The number of rotatable bonds is 4. The van der Waals surface area contributed by atoms with Gasteiger partial charge >= 0.3 is 0 Å². The first-order valence-electron chi connectivity index (χ1n) is 9.15. The number of methoxy groups -OCH3 is 1. The fraction of sp³-hybridized carbons (Fsp3) is 0.273. The van der Waals surface area contributed by atoms with Gasteiger partial charge in [0.1, 0.15) is 11.4 Å². The Morgan fingerprint density at radius 2 is 1.96 bits per heavy atom. The quantitative estimate of drug-likeness (QED) is 0.679. The van der Waals surface area contributed by atoms with E-state index in [-0.39, 0.29) is 17.7 Å². The lowest BCUT2D eigenvalue weighted by Crippen LogP contribution is -2.30. The van der Waals surface area contributed by atoms with Crippen molar-refractivity contribution in [3.63, 3.8) is 0 Å². The topological polar surface area (TPSA) is 55.6 Å². The molecule has 2 heterocycles. The maximum atomic E-state index is 13.1. The summed E-state index contributed by atoms with van der Waals surface area (Å²) < 4.78 is 10.6. The van der Waals surface area contributed by atoms with Crippen molar-refractivity contribution >= 4 is 5.91 Å². The van der Waals surface area contributed by atoms with Gasteiger partial charge in [-0.2, -0.15) is 0 Å². The van der Waals surface area contributed by atoms with Gasteiger partial charge < -0.3 is 14.2 Å². The standard InChI is InChI=1S/C22H22N2O3/c1-15-6-3-4-7-18(15)20-8-5-13-24(20)22(25)21-14-19(23-27-21)16-9-11-17(26-2)12-10-16/h3-4,6-7,9-12,14,20H,5,8,13H2,1-2H3/t20-/m1/s1. The third-order valence-corrected chi connectivity index (χ3v) is 5.17. The zero-order chi connectivity index (χ0) is 18.8. The Kier molecular flexibility index (Phi) is 4.67. The highest BCUT2D eigenvalue weighted by molar-refractivity contribution is 5.93. The predicted molar refractivity (Wildman–Crippen MR) is 103 cm³/mol. The summed E-state index contributed by atoms with van der Waals surface area (Å²) in [7, 11) is 1.63. The molecule has 5 heteroatoms. The number of carbonyl (C=O) groups excluding carboxylic acids is 1. The number of hydrogen-bond donors (Lipinski definition) is 0. The fourth-order valence-electron chi connectivity index (χ4n) is 3.71. The van der Waals surface area contributed by atoms with Crippen LogP contribution in [-0.2, 0) is 0 Å². The van der Waals surface area contributed by atoms with Gasteiger partial charge in [-0.05, 0) is 55.2 Å². The van der Waals surface area contributed by atoms with Crippen LogP contribution in [0, 0.1) is 6.92 Å². The van der Waals surface area contributed by atoms with Crippen molar-refractivity contribution in [2.75, 3.05) is 13.7 Å². The number of nitrogens with zero attached hydrogens (tertiary/aromatic N) is 2. The molecule has 2 aromatic carbocycles. The molecule has 1 fully saturated rings. The molecular weight excluding hydrogens is 340 g/mol. The number of benzene rings is 2. The molecule has 1 aliphatic heterocycles. The molecule has 0 radical (unpaired) electrons. The van der Waals surface area contributed by atoms with Gasteiger partial charge in [0.15, 0.2) is 0 Å². The minimum absolute atomic E-state index is 0.0910. The number of ether oxygens (including phenoxy) is 1. The van der Waals surface area contributed by atoms with Crippen LogP contribution in [-0.4, -0.2) is 29.6 Å². The molecule has 5 nitrogen and oxygen atoms in total. The summed E-state index contributed by atoms with van der Waals surface area (Å²) in [4.78, 5) is 15.0. The average molecular weight is 362 g/mol. The van der Waals surface area contributed by atoms with Crippen molar-refractivity contribution in [3.8, 4) is 17.0 Å². The van der Waals surface area contributed by atoms with Gasteiger partial charge in [0.2, 0.25) is 5.76 Å². The predicted octanol–water partition coefficient (Wildman–Crippen LogP) is 4.64. The minimum Gasteiger partial charge on any atom is -0.497 e. The van der Waals surface area contributed by atoms with E-state index in [1.807, 2.05) is 41.3 Å². The molecule has 0 saturated carbocycles. The smallest absolute Gasteiger partial charge is 0.292 e. The SMILES string of the molecule is COc1ccc(-c2cc(C(=O)N3CCC[C@@H]3c3ccccc3C)on2)cc1. The third-order valence-electron chi connectivity index (χ3n) is 5.17. The number of likely N-dealkylation sites (tertiary alicyclic amines) is 1. The molecule has 0 N–H and O–H groups in total. The minimum atomic E-state index is -0.104. The lowest BCUT2D eigenvalue weighted by molar-refractivity contribution is 0.0693. The fourth-order valence-corrected chi connectivity index (χ4v) is 3.71. The molecule has 0 spiro atoms. The molecule has 0 unspecified atom stereocenters. The maximum Gasteiger partial charge on any atom is 0.292 e. The molecule has 0 bridgehead atoms. The summed E-state index contributed by atoms with van der Waals surface area (Å²) in [5.41, 5.74) is 3.94. The monoisotopic (exact) mass is 362 g/mol. The van der Waals surface area contributed by atoms with Crippen LogP contribution >= 0.6 is 0 Å². The molecular formula is C22H22N2O3. The van der Waals surface area contributed by atoms with Crippen molar-refractivity contribution in [2.24, 2.45) is 0 Å². The van der Waals surface area contributed by atoms with Crippen LogP contribution in [0.25, 0.3) is 11.3 Å². The molecule has 138 valence electrons. The van der Waals surface area contributed by atoms with Gasteiger partial charge in [0.25, 0.3) is 5.91 Å². The molecule has 1 saturated heterocycles. The zero-order valence-electron chi connectivity index (χ0n) is 15.5. The Bertz CT molecular complexity index is 946. The number of aromatic nitrogens is 1. The average Bonchev–Trinajstić information content (AvgIpc) is 3.38. The van der Waals surface area contributed by atoms with E-state index in [1.165, 1.54) is 11.1 Å². The number of aryl methyl sites for hydroxylation is 1. The lowest BCUT2D eigenvalue weighted by Gasteiger charge is -2.25. The van der Waals surface area contributed by atoms with Gasteiger partial charge in [-0.3, -0.25) is 4.79 Å². The van der Waals surface area contributed by atoms with Gasteiger partial charge in [0, 0.05) is 18.2 Å². The summed E-state index contributed by atoms with van der Waals surface area (Å²) >= 11 is 0. The van der Waals surface area contributed by atoms with E-state index in [2.05, 4.69) is 24.2 Å². The zero-order valence-corrected chi connectivity index (χ0v) is 15.5. The normalized spacial score (nSPS) is 16.5. The van der Waals surface area contributed by atoms with Gasteiger partial charge in [-0.15, -0.1) is 0 Å². The van der Waals surface area contributed by atoms with Crippen LogP contribution < -0.4 is 4.74 Å². The van der Waals surface area contributed by atoms with Crippen molar-refractivity contribution in [1.29, 1.82) is 0 Å². The highest BCUT2D eigenvalue weighted by Crippen LogP contribution is 2.35. The van der Waals surface area contributed by atoms with E-state index in [4.69, 9.17) is 9.26 Å². The summed E-state index contributed by atoms with van der Waals surface area (Å²) in [5.74, 6) is 0.950. The van der Waals surface area contributed by atoms with E-state index >= 15 is 0 Å². The Labute approximate surface area is 158 Å². The molecule has 1 aliphatic rings. The number of amides is 1. The molecule has 0 aliphatic carbocycles. The second-order valence-corrected chi connectivity index (χ2v) is 6.82. The van der Waals surface area contributed by atoms with Crippen molar-refractivity contribution in [2.45, 2.75) is 25.8 Å². The second-order valence-electron chi connectivity index (χ2n) is 6.82. The molecule has 1 atom stereocenters. The molecule has 27 heavy (non-hydrogen) atoms. The Hall–Kier alpha value is -3.08. The molecule has 1 aromatic heterocycles. The van der Waals surface area contributed by atoms with Crippen LogP contribution in [0.5, 0.6) is 5.75 Å². The molecule has 4 rings (SSSR count). The van der Waals surface area contributed by atoms with E-state index in [0.717, 1.165) is 30.7 Å². The summed E-state index contributed by atoms with van der Waals surface area (Å²) in [6.07, 6.45) is 1.96. The molecule has 3 aromatic rings. The number of hydrogen-bond acceptors (Lipinski definition) is 4. The second kappa shape index (κ2) is 7.27. The van der Waals surface area contributed by atoms with Gasteiger partial charge in [0.05, 0.1) is 13.2 Å². The third kappa shape index (κ3) is 3.33. The maximum absolute atomic E-state index is 13.1. The van der Waals surface area contributed by atoms with E-state index < -0.39 is 0 Å². The van der Waals surface area contributed by atoms with Gasteiger partial charge in [-0.25, -0.2) is 0 Å². The van der Waals surface area contributed by atoms with Crippen LogP contribution in [0.15, 0.2) is 59.1 Å². The highest BCUT2D eigenvalue weighted by Gasteiger charge is 2.33. The first kappa shape index (κ1) is 17.3. The van der Waals surface area contributed by atoms with E-state index in [0.29, 0.717) is 5.69 Å². The van der Waals surface area contributed by atoms with Crippen molar-refractivity contribution in [3.05, 3.63) is 71.5 Å². The summed E-state index contributed by atoms with van der Waals surface area (Å²) in [6.45, 7) is 2.82. The first-order valence-corrected chi connectivity index (χ1v) is 9.15. The van der Waals surface area contributed by atoms with Gasteiger partial charge in [-0.1, -0.05) is 29.4 Å². The van der Waals surface area contributed by atoms with Crippen molar-refractivity contribution in [1.82, 2.24) is 10.1 Å².